The molecular formula is C22H27ClN2O5. The van der Waals surface area contributed by atoms with E-state index in [0.29, 0.717) is 29.7 Å². The first-order valence-electron chi connectivity index (χ1n) is 9.48. The van der Waals surface area contributed by atoms with Crippen molar-refractivity contribution in [1.29, 1.82) is 0 Å². The van der Waals surface area contributed by atoms with Gasteiger partial charge in [0.05, 0.1) is 39.3 Å². The maximum absolute atomic E-state index is 12.3. The average Bonchev–Trinajstić information content (AvgIpc) is 2.76. The van der Waals surface area contributed by atoms with Crippen LogP contribution in [0, 0.1) is 0 Å². The lowest BCUT2D eigenvalue weighted by Gasteiger charge is -2.30. The van der Waals surface area contributed by atoms with Gasteiger partial charge in [-0.05, 0) is 48.9 Å². The van der Waals surface area contributed by atoms with E-state index >= 15 is 0 Å². The Hall–Kier alpha value is -2.77. The van der Waals surface area contributed by atoms with Crippen molar-refractivity contribution < 1.29 is 23.8 Å². The SMILES string of the molecule is COC(=O)CC(C)(NCC(=O)NCCOc1ccc(Cl)cc1)c1cccc(OC)c1. The Bertz CT molecular complexity index is 844. The van der Waals surface area contributed by atoms with Crippen LogP contribution < -0.4 is 20.1 Å². The Morgan fingerprint density at radius 2 is 1.80 bits per heavy atom. The zero-order valence-electron chi connectivity index (χ0n) is 17.4. The van der Waals surface area contributed by atoms with Crippen molar-refractivity contribution in [3.8, 4) is 11.5 Å². The fourth-order valence-electron chi connectivity index (χ4n) is 2.82. The second kappa shape index (κ2) is 11.4. The predicted octanol–water partition coefficient (Wildman–Crippen LogP) is 2.91. The van der Waals surface area contributed by atoms with E-state index in [1.165, 1.54) is 7.11 Å². The summed E-state index contributed by atoms with van der Waals surface area (Å²) in [7, 11) is 2.91. The van der Waals surface area contributed by atoms with Gasteiger partial charge in [0.2, 0.25) is 5.91 Å². The summed E-state index contributed by atoms with van der Waals surface area (Å²) >= 11 is 5.83. The van der Waals surface area contributed by atoms with Crippen molar-refractivity contribution in [3.05, 3.63) is 59.1 Å². The summed E-state index contributed by atoms with van der Waals surface area (Å²) in [5.74, 6) is 0.739. The van der Waals surface area contributed by atoms with Crippen molar-refractivity contribution in [2.24, 2.45) is 0 Å². The number of amides is 1. The molecule has 0 heterocycles. The molecule has 7 nitrogen and oxygen atoms in total. The third-order valence-corrected chi connectivity index (χ3v) is 4.83. The van der Waals surface area contributed by atoms with Crippen molar-refractivity contribution in [2.45, 2.75) is 18.9 Å². The van der Waals surface area contributed by atoms with Crippen LogP contribution in [0.5, 0.6) is 11.5 Å². The van der Waals surface area contributed by atoms with Gasteiger partial charge in [0.15, 0.2) is 0 Å². The Kier molecular flexibility index (Phi) is 8.95. The van der Waals surface area contributed by atoms with Gasteiger partial charge < -0.3 is 19.5 Å². The Morgan fingerprint density at radius 3 is 2.47 bits per heavy atom. The van der Waals surface area contributed by atoms with Crippen molar-refractivity contribution in [2.75, 3.05) is 33.9 Å². The van der Waals surface area contributed by atoms with Crippen LogP contribution in [0.4, 0.5) is 0 Å². The molecule has 30 heavy (non-hydrogen) atoms. The highest BCUT2D eigenvalue weighted by Crippen LogP contribution is 2.28. The first-order valence-corrected chi connectivity index (χ1v) is 9.85. The summed E-state index contributed by atoms with van der Waals surface area (Å²) in [5.41, 5.74) is 0.00446. The van der Waals surface area contributed by atoms with E-state index in [0.717, 1.165) is 5.56 Å². The molecule has 2 N–H and O–H groups in total. The van der Waals surface area contributed by atoms with Gasteiger partial charge in [-0.25, -0.2) is 0 Å². The Morgan fingerprint density at radius 1 is 1.07 bits per heavy atom. The number of ether oxygens (including phenoxy) is 3. The molecule has 0 aliphatic carbocycles. The van der Waals surface area contributed by atoms with Crippen LogP contribution in [0.25, 0.3) is 0 Å². The minimum Gasteiger partial charge on any atom is -0.497 e. The predicted molar refractivity (Wildman–Crippen MR) is 115 cm³/mol. The molecular weight excluding hydrogens is 408 g/mol. The van der Waals surface area contributed by atoms with Crippen LogP contribution in [-0.4, -0.2) is 45.8 Å². The van der Waals surface area contributed by atoms with E-state index in [1.54, 1.807) is 31.4 Å². The number of hydrogen-bond acceptors (Lipinski definition) is 6. The molecule has 2 aromatic rings. The Balaban J connectivity index is 1.89. The number of hydrogen-bond donors (Lipinski definition) is 2. The lowest BCUT2D eigenvalue weighted by molar-refractivity contribution is -0.142. The standard InChI is InChI=1S/C22H27ClN2O5/c1-22(14-21(27)29-3,16-5-4-6-19(13-16)28-2)25-15-20(26)24-11-12-30-18-9-7-17(23)8-10-18/h4-10,13,25H,11-12,14-15H2,1-3H3,(H,24,26). The molecule has 0 aliphatic rings. The molecule has 0 aliphatic heterocycles. The molecule has 1 atom stereocenters. The van der Waals surface area contributed by atoms with Gasteiger partial charge in [0, 0.05) is 5.02 Å². The van der Waals surface area contributed by atoms with Crippen molar-refractivity contribution in [3.63, 3.8) is 0 Å². The molecule has 0 radical (unpaired) electrons. The number of halogens is 1. The number of rotatable bonds is 11. The van der Waals surface area contributed by atoms with Gasteiger partial charge in [-0.2, -0.15) is 0 Å². The Labute approximate surface area is 181 Å². The fraction of sp³-hybridized carbons (Fsp3) is 0.364. The summed E-state index contributed by atoms with van der Waals surface area (Å²) in [6, 6.07) is 14.3. The highest BCUT2D eigenvalue weighted by atomic mass is 35.5. The third kappa shape index (κ3) is 7.24. The van der Waals surface area contributed by atoms with E-state index in [2.05, 4.69) is 10.6 Å². The van der Waals surface area contributed by atoms with Crippen LogP contribution in [-0.2, 0) is 19.9 Å². The van der Waals surface area contributed by atoms with E-state index < -0.39 is 5.54 Å². The van der Waals surface area contributed by atoms with Gasteiger partial charge >= 0.3 is 5.97 Å². The van der Waals surface area contributed by atoms with Gasteiger partial charge in [-0.1, -0.05) is 23.7 Å². The topological polar surface area (TPSA) is 85.9 Å². The molecule has 0 aromatic heterocycles. The van der Waals surface area contributed by atoms with Crippen LogP contribution >= 0.6 is 11.6 Å². The number of methoxy groups -OCH3 is 2. The molecule has 0 saturated carbocycles. The van der Waals surface area contributed by atoms with E-state index in [9.17, 15) is 9.59 Å². The number of benzene rings is 2. The maximum Gasteiger partial charge on any atom is 0.307 e. The van der Waals surface area contributed by atoms with E-state index in [4.69, 9.17) is 25.8 Å². The van der Waals surface area contributed by atoms with Crippen LogP contribution in [0.1, 0.15) is 18.9 Å². The number of esters is 1. The number of nitrogens with one attached hydrogen (secondary N) is 2. The lowest BCUT2D eigenvalue weighted by Crippen LogP contribution is -2.47. The smallest absolute Gasteiger partial charge is 0.307 e. The summed E-state index contributed by atoms with van der Waals surface area (Å²) in [5, 5.41) is 6.59. The number of carbonyl (C=O) groups excluding carboxylic acids is 2. The molecule has 1 unspecified atom stereocenters. The maximum atomic E-state index is 12.3. The van der Waals surface area contributed by atoms with Crippen LogP contribution in [0.15, 0.2) is 48.5 Å². The fourth-order valence-corrected chi connectivity index (χ4v) is 2.95. The van der Waals surface area contributed by atoms with Gasteiger partial charge in [0.25, 0.3) is 0 Å². The highest BCUT2D eigenvalue weighted by molar-refractivity contribution is 6.30. The molecule has 0 saturated heterocycles. The molecule has 0 spiro atoms. The van der Waals surface area contributed by atoms with Crippen LogP contribution in [0.3, 0.4) is 0 Å². The van der Waals surface area contributed by atoms with E-state index in [1.807, 2.05) is 31.2 Å². The molecule has 8 heteroatoms. The zero-order chi connectivity index (χ0) is 22.0. The second-order valence-electron chi connectivity index (χ2n) is 6.82. The summed E-state index contributed by atoms with van der Waals surface area (Å²) in [4.78, 5) is 24.2. The minimum absolute atomic E-state index is 0.0195. The van der Waals surface area contributed by atoms with Gasteiger partial charge in [0.1, 0.15) is 18.1 Å². The zero-order valence-corrected chi connectivity index (χ0v) is 18.1. The minimum atomic E-state index is -0.807. The molecule has 2 aromatic carbocycles. The second-order valence-corrected chi connectivity index (χ2v) is 7.26. The van der Waals surface area contributed by atoms with Crippen molar-refractivity contribution in [1.82, 2.24) is 10.6 Å². The quantitative estimate of drug-likeness (QED) is 0.418. The van der Waals surface area contributed by atoms with E-state index in [-0.39, 0.29) is 24.8 Å². The van der Waals surface area contributed by atoms with Gasteiger partial charge in [-0.15, -0.1) is 0 Å². The van der Waals surface area contributed by atoms with Gasteiger partial charge in [-0.3, -0.25) is 14.9 Å². The van der Waals surface area contributed by atoms with Crippen LogP contribution in [0.2, 0.25) is 5.02 Å². The molecule has 162 valence electrons. The molecule has 0 fully saturated rings. The molecule has 2 rings (SSSR count). The van der Waals surface area contributed by atoms with Crippen molar-refractivity contribution >= 4 is 23.5 Å². The summed E-state index contributed by atoms with van der Waals surface area (Å²) in [6.07, 6.45) is 0.0592. The molecule has 0 bridgehead atoms. The first-order chi connectivity index (χ1) is 14.4. The average molecular weight is 435 g/mol. The third-order valence-electron chi connectivity index (χ3n) is 4.58. The summed E-state index contributed by atoms with van der Waals surface area (Å²) in [6.45, 7) is 2.53. The normalized spacial score (nSPS) is 12.5. The largest absolute Gasteiger partial charge is 0.497 e. The first kappa shape index (κ1) is 23.5. The summed E-state index contributed by atoms with van der Waals surface area (Å²) < 4.78 is 15.6. The monoisotopic (exact) mass is 434 g/mol. The lowest BCUT2D eigenvalue weighted by atomic mass is 9.88. The molecule has 1 amide bonds. The highest BCUT2D eigenvalue weighted by Gasteiger charge is 2.30. The number of carbonyl (C=O) groups is 2.